The first-order valence-corrected chi connectivity index (χ1v) is 14.2. The Balaban J connectivity index is 1.52. The van der Waals surface area contributed by atoms with E-state index in [4.69, 9.17) is 28.3 Å². The molecule has 1 saturated carbocycles. The summed E-state index contributed by atoms with van der Waals surface area (Å²) in [6.07, 6.45) is 3.89. The zero-order valence-corrected chi connectivity index (χ0v) is 24.3. The van der Waals surface area contributed by atoms with Gasteiger partial charge in [0.2, 0.25) is 0 Å². The van der Waals surface area contributed by atoms with Crippen LogP contribution in [0.3, 0.4) is 0 Å². The topological polar surface area (TPSA) is 90.0 Å². The smallest absolute Gasteiger partial charge is 0.321 e. The number of halogens is 2. The number of carbonyl (C=O) groups is 3. The number of nitrogens with zero attached hydrogens (tertiary/aromatic N) is 2. The zero-order valence-electron chi connectivity index (χ0n) is 22.8. The summed E-state index contributed by atoms with van der Waals surface area (Å²) >= 11 is 12.5. The summed E-state index contributed by atoms with van der Waals surface area (Å²) in [6.45, 7) is 8.47. The average Bonchev–Trinajstić information content (AvgIpc) is 3.10. The fourth-order valence-corrected chi connectivity index (χ4v) is 6.34. The molecule has 1 heterocycles. The average molecular weight is 575 g/mol. The van der Waals surface area contributed by atoms with Crippen molar-refractivity contribution in [3.63, 3.8) is 0 Å². The molecule has 2 fully saturated rings. The Labute approximate surface area is 240 Å². The van der Waals surface area contributed by atoms with Crippen molar-refractivity contribution < 1.29 is 19.5 Å². The molecule has 3 amide bonds. The molecule has 2 aliphatic rings. The third-order valence-electron chi connectivity index (χ3n) is 8.26. The summed E-state index contributed by atoms with van der Waals surface area (Å²) in [5, 5.41) is 12.5. The predicted octanol–water partition coefficient (Wildman–Crippen LogP) is 6.61. The Morgan fingerprint density at radius 3 is 2.31 bits per heavy atom. The molecule has 0 radical (unpaired) electrons. The molecule has 2 aromatic carbocycles. The van der Waals surface area contributed by atoms with E-state index < -0.39 is 5.97 Å². The van der Waals surface area contributed by atoms with Crippen molar-refractivity contribution in [2.45, 2.75) is 71.5 Å². The molecule has 0 bridgehead atoms. The van der Waals surface area contributed by atoms with Gasteiger partial charge in [0, 0.05) is 41.8 Å². The molecule has 2 N–H and O–H groups in total. The molecule has 7 nitrogen and oxygen atoms in total. The molecule has 0 aromatic heterocycles. The Bertz CT molecular complexity index is 1220. The fourth-order valence-electron chi connectivity index (χ4n) is 5.87. The van der Waals surface area contributed by atoms with Gasteiger partial charge in [-0.2, -0.15) is 0 Å². The summed E-state index contributed by atoms with van der Waals surface area (Å²) in [4.78, 5) is 40.9. The van der Waals surface area contributed by atoms with Gasteiger partial charge in [0.25, 0.3) is 5.91 Å². The number of urea groups is 1. The van der Waals surface area contributed by atoms with Crippen molar-refractivity contribution in [2.75, 3.05) is 13.1 Å². The normalized spacial score (nSPS) is 21.5. The highest BCUT2D eigenvalue weighted by atomic mass is 35.5. The third-order valence-corrected chi connectivity index (χ3v) is 8.84. The molecule has 0 atom stereocenters. The van der Waals surface area contributed by atoms with Crippen molar-refractivity contribution >= 4 is 41.1 Å². The Kier molecular flexibility index (Phi) is 8.82. The lowest BCUT2D eigenvalue weighted by Crippen LogP contribution is -2.50. The molecule has 210 valence electrons. The highest BCUT2D eigenvalue weighted by Gasteiger charge is 2.51. The highest BCUT2D eigenvalue weighted by molar-refractivity contribution is 6.35. The number of hydrogen-bond acceptors (Lipinski definition) is 3. The van der Waals surface area contributed by atoms with Crippen LogP contribution in [0.5, 0.6) is 0 Å². The number of hydrogen-bond donors (Lipinski definition) is 2. The van der Waals surface area contributed by atoms with Gasteiger partial charge in [-0.3, -0.25) is 9.59 Å². The van der Waals surface area contributed by atoms with Crippen LogP contribution in [-0.2, 0) is 17.9 Å². The number of nitrogens with one attached hydrogen (secondary N) is 1. The van der Waals surface area contributed by atoms with Gasteiger partial charge < -0.3 is 20.2 Å². The molecule has 39 heavy (non-hydrogen) atoms. The molecular weight excluding hydrogens is 537 g/mol. The first kappa shape index (κ1) is 29.2. The Hall–Kier alpha value is -2.77. The van der Waals surface area contributed by atoms with Crippen LogP contribution < -0.4 is 5.32 Å². The van der Waals surface area contributed by atoms with Crippen LogP contribution in [-0.4, -0.2) is 51.4 Å². The predicted molar refractivity (Wildman–Crippen MR) is 153 cm³/mol. The van der Waals surface area contributed by atoms with Gasteiger partial charge in [-0.15, -0.1) is 0 Å². The first-order chi connectivity index (χ1) is 18.4. The van der Waals surface area contributed by atoms with E-state index in [2.05, 4.69) is 26.1 Å². The van der Waals surface area contributed by atoms with E-state index in [9.17, 15) is 14.4 Å². The lowest BCUT2D eigenvalue weighted by Gasteiger charge is -2.45. The number of carboxylic acids is 1. The molecule has 4 rings (SSSR count). The van der Waals surface area contributed by atoms with E-state index in [-0.39, 0.29) is 35.9 Å². The van der Waals surface area contributed by atoms with E-state index in [0.29, 0.717) is 41.2 Å². The van der Waals surface area contributed by atoms with Gasteiger partial charge in [0.1, 0.15) is 0 Å². The van der Waals surface area contributed by atoms with E-state index in [0.717, 1.165) is 36.8 Å². The molecule has 1 aliphatic carbocycles. The van der Waals surface area contributed by atoms with E-state index in [1.54, 1.807) is 24.3 Å². The van der Waals surface area contributed by atoms with E-state index in [1.807, 2.05) is 28.0 Å². The Morgan fingerprint density at radius 2 is 1.72 bits per heavy atom. The van der Waals surface area contributed by atoms with Crippen LogP contribution in [0, 0.1) is 11.3 Å². The second-order valence-corrected chi connectivity index (χ2v) is 12.8. The second-order valence-electron chi connectivity index (χ2n) is 11.9. The van der Waals surface area contributed by atoms with Crippen molar-refractivity contribution in [1.82, 2.24) is 15.1 Å². The summed E-state index contributed by atoms with van der Waals surface area (Å²) in [6, 6.07) is 12.6. The molecule has 2 aromatic rings. The van der Waals surface area contributed by atoms with E-state index in [1.165, 1.54) is 0 Å². The minimum atomic E-state index is -0.959. The van der Waals surface area contributed by atoms with Gasteiger partial charge >= 0.3 is 12.0 Å². The maximum Gasteiger partial charge on any atom is 0.321 e. The molecule has 9 heteroatoms. The summed E-state index contributed by atoms with van der Waals surface area (Å²) in [7, 11) is 0. The van der Waals surface area contributed by atoms with Gasteiger partial charge in [0.15, 0.2) is 0 Å². The Morgan fingerprint density at radius 1 is 1.05 bits per heavy atom. The number of benzene rings is 2. The standard InChI is InChI=1S/C30H37Cl2N3O4/c1-29(2,3)23-10-13-30(14-11-23)19-34(18-22-8-9-24(31)16-25(22)32)28(39)35(30)17-20-4-6-21(7-5-20)27(38)33-15-12-26(36)37/h4-9,16,23H,10-15,17-19H2,1-3H3,(H,33,38)(H,36,37). The number of amides is 3. The maximum absolute atomic E-state index is 13.9. The largest absolute Gasteiger partial charge is 0.481 e. The zero-order chi connectivity index (χ0) is 28.4. The molecule has 1 spiro atoms. The molecular formula is C30H37Cl2N3O4. The number of carboxylic acid groups (broad SMARTS) is 1. The minimum Gasteiger partial charge on any atom is -0.481 e. The monoisotopic (exact) mass is 573 g/mol. The van der Waals surface area contributed by atoms with Crippen molar-refractivity contribution in [3.05, 3.63) is 69.2 Å². The minimum absolute atomic E-state index is 0.00860. The molecule has 1 aliphatic heterocycles. The number of aliphatic carboxylic acids is 1. The van der Waals surface area contributed by atoms with Crippen LogP contribution in [0.15, 0.2) is 42.5 Å². The van der Waals surface area contributed by atoms with Gasteiger partial charge in [-0.05, 0) is 72.4 Å². The fraction of sp³-hybridized carbons (Fsp3) is 0.500. The van der Waals surface area contributed by atoms with Gasteiger partial charge in [-0.1, -0.05) is 62.2 Å². The lowest BCUT2D eigenvalue weighted by atomic mass is 9.67. The quantitative estimate of drug-likeness (QED) is 0.371. The second kappa shape index (κ2) is 11.8. The first-order valence-electron chi connectivity index (χ1n) is 13.5. The van der Waals surface area contributed by atoms with Gasteiger partial charge in [-0.25, -0.2) is 4.79 Å². The van der Waals surface area contributed by atoms with Crippen LogP contribution in [0.25, 0.3) is 0 Å². The summed E-state index contributed by atoms with van der Waals surface area (Å²) < 4.78 is 0. The maximum atomic E-state index is 13.9. The van der Waals surface area contributed by atoms with Crippen LogP contribution in [0.2, 0.25) is 10.0 Å². The number of rotatable bonds is 8. The lowest BCUT2D eigenvalue weighted by molar-refractivity contribution is -0.136. The third kappa shape index (κ3) is 6.87. The van der Waals surface area contributed by atoms with Crippen molar-refractivity contribution in [1.29, 1.82) is 0 Å². The van der Waals surface area contributed by atoms with Crippen molar-refractivity contribution in [2.24, 2.45) is 11.3 Å². The van der Waals surface area contributed by atoms with Crippen LogP contribution >= 0.6 is 23.2 Å². The van der Waals surface area contributed by atoms with Crippen molar-refractivity contribution in [3.8, 4) is 0 Å². The van der Waals surface area contributed by atoms with Crippen LogP contribution in [0.1, 0.15) is 74.4 Å². The highest BCUT2D eigenvalue weighted by Crippen LogP contribution is 2.47. The number of carbonyl (C=O) groups excluding carboxylic acids is 2. The van der Waals surface area contributed by atoms with Gasteiger partial charge in [0.05, 0.1) is 12.0 Å². The van der Waals surface area contributed by atoms with Crippen LogP contribution in [0.4, 0.5) is 4.79 Å². The SMILES string of the molecule is CC(C)(C)C1CCC2(CC1)CN(Cc1ccc(Cl)cc1Cl)C(=O)N2Cc1ccc(C(=O)NCCC(=O)O)cc1. The molecule has 1 saturated heterocycles. The summed E-state index contributed by atoms with van der Waals surface area (Å²) in [5.74, 6) is -0.666. The summed E-state index contributed by atoms with van der Waals surface area (Å²) in [5.41, 5.74) is 2.23. The van der Waals surface area contributed by atoms with E-state index >= 15 is 0 Å². The molecule has 0 unspecified atom stereocenters.